The lowest BCUT2D eigenvalue weighted by Gasteiger charge is -2.14. The summed E-state index contributed by atoms with van der Waals surface area (Å²) in [5.74, 6) is 38.9. The van der Waals surface area contributed by atoms with Gasteiger partial charge in [-0.05, 0) is 95.4 Å². The van der Waals surface area contributed by atoms with Crippen LogP contribution in [0, 0.1) is 94.7 Å². The van der Waals surface area contributed by atoms with Crippen molar-refractivity contribution in [3.05, 3.63) is 35.9 Å². The van der Waals surface area contributed by atoms with Gasteiger partial charge in [0.15, 0.2) is 0 Å². The van der Waals surface area contributed by atoms with Crippen molar-refractivity contribution in [2.24, 2.45) is 0 Å². The maximum atomic E-state index is 11.6. The normalized spacial score (nSPS) is 8.18. The van der Waals surface area contributed by atoms with Gasteiger partial charge in [0.1, 0.15) is 12.7 Å². The highest BCUT2D eigenvalue weighted by atomic mass is 16.6. The topological polar surface area (TPSA) is 44.8 Å². The smallest absolute Gasteiger partial charge is 0.385 e. The van der Waals surface area contributed by atoms with Crippen LogP contribution in [0.15, 0.2) is 30.3 Å². The monoisotopic (exact) mass is 430 g/mol. The molecular formula is C29H18O4. The van der Waals surface area contributed by atoms with E-state index in [4.69, 9.17) is 14.2 Å². The molecule has 1 aromatic rings. The van der Waals surface area contributed by atoms with Crippen molar-refractivity contribution < 1.29 is 19.0 Å². The first-order valence-electron chi connectivity index (χ1n) is 9.50. The number of benzene rings is 1. The summed E-state index contributed by atoms with van der Waals surface area (Å²) in [5.41, 5.74) is 1.05. The first-order chi connectivity index (χ1) is 16.3. The van der Waals surface area contributed by atoms with Crippen molar-refractivity contribution in [1.29, 1.82) is 0 Å². The molecule has 0 heterocycles. The summed E-state index contributed by atoms with van der Waals surface area (Å²) in [6.45, 7) is 2.43. The third-order valence-electron chi connectivity index (χ3n) is 3.25. The Bertz CT molecular complexity index is 1290. The van der Waals surface area contributed by atoms with Crippen LogP contribution in [0.3, 0.4) is 0 Å². The van der Waals surface area contributed by atoms with Crippen LogP contribution in [0.5, 0.6) is 0 Å². The molecule has 1 atom stereocenters. The highest BCUT2D eigenvalue weighted by molar-refractivity contribution is 5.89. The molecule has 0 aliphatic heterocycles. The summed E-state index contributed by atoms with van der Waals surface area (Å²) in [5, 5.41) is 0. The third kappa shape index (κ3) is 15.6. The van der Waals surface area contributed by atoms with Crippen molar-refractivity contribution in [2.75, 3.05) is 20.3 Å². The first kappa shape index (κ1) is 26.1. The summed E-state index contributed by atoms with van der Waals surface area (Å²) in [6.07, 6.45) is -0.396. The molecule has 0 fully saturated rings. The molecule has 0 amide bonds. The first-order valence-corrected chi connectivity index (χ1v) is 9.50. The Morgan fingerprint density at radius 2 is 1.27 bits per heavy atom. The Kier molecular flexibility index (Phi) is 15.1. The molecule has 0 aliphatic carbocycles. The van der Waals surface area contributed by atoms with Gasteiger partial charge in [0.2, 0.25) is 0 Å². The lowest BCUT2D eigenvalue weighted by Crippen LogP contribution is -2.25. The van der Waals surface area contributed by atoms with Gasteiger partial charge in [0, 0.05) is 13.0 Å². The van der Waals surface area contributed by atoms with E-state index in [2.05, 4.69) is 94.7 Å². The number of hydrogen-bond acceptors (Lipinski definition) is 4. The molecule has 0 aliphatic rings. The van der Waals surface area contributed by atoms with Crippen LogP contribution in [-0.4, -0.2) is 32.4 Å². The van der Waals surface area contributed by atoms with Crippen LogP contribution in [0.4, 0.5) is 0 Å². The Balaban J connectivity index is 2.33. The largest absolute Gasteiger partial charge is 0.453 e. The molecule has 33 heavy (non-hydrogen) atoms. The summed E-state index contributed by atoms with van der Waals surface area (Å²) >= 11 is 0. The van der Waals surface area contributed by atoms with Gasteiger partial charge in [-0.2, -0.15) is 0 Å². The molecule has 1 aromatic carbocycles. The zero-order valence-corrected chi connectivity index (χ0v) is 18.2. The van der Waals surface area contributed by atoms with Gasteiger partial charge in [-0.1, -0.05) is 36.3 Å². The fourth-order valence-electron chi connectivity index (χ4n) is 1.79. The second-order valence-corrected chi connectivity index (χ2v) is 5.58. The van der Waals surface area contributed by atoms with Crippen LogP contribution < -0.4 is 0 Å². The molecule has 1 rings (SSSR count). The minimum absolute atomic E-state index is 0.0203. The lowest BCUT2D eigenvalue weighted by molar-refractivity contribution is -0.141. The van der Waals surface area contributed by atoms with E-state index in [9.17, 15) is 4.79 Å². The standard InChI is InChI=1S/C29H18O4/c1-3-4-5-6-7-8-9-10-11-12-13-14-15-16-20-23-29(30)33-26-28(31-2)25-32-24-27-21-18-17-19-22-27/h17-19,21-22,28H,24-26H2,1-2H3. The molecule has 4 heteroatoms. The SMILES string of the molecule is CC#CC#CC#CC#CC#CC#CC#CC#CC(=O)OCC(COCc1ccccc1)OC. The van der Waals surface area contributed by atoms with Gasteiger partial charge < -0.3 is 14.2 Å². The number of rotatable bonds is 7. The Morgan fingerprint density at radius 1 is 0.758 bits per heavy atom. The average molecular weight is 430 g/mol. The fraction of sp³-hybridized carbons (Fsp3) is 0.207. The van der Waals surface area contributed by atoms with Gasteiger partial charge in [-0.25, -0.2) is 4.79 Å². The quantitative estimate of drug-likeness (QED) is 0.376. The number of hydrogen-bond donors (Lipinski definition) is 0. The van der Waals surface area contributed by atoms with Gasteiger partial charge >= 0.3 is 5.97 Å². The molecule has 0 N–H and O–H groups in total. The Hall–Kier alpha value is -4.91. The molecule has 158 valence electrons. The van der Waals surface area contributed by atoms with Crippen LogP contribution in [0.1, 0.15) is 12.5 Å². The second kappa shape index (κ2) is 19.1. The number of carbonyl (C=O) groups excluding carboxylic acids is 1. The van der Waals surface area contributed by atoms with E-state index < -0.39 is 12.1 Å². The molecule has 0 aromatic heterocycles. The molecule has 4 nitrogen and oxygen atoms in total. The Morgan fingerprint density at radius 3 is 1.79 bits per heavy atom. The summed E-state index contributed by atoms with van der Waals surface area (Å²) in [4.78, 5) is 11.6. The predicted molar refractivity (Wildman–Crippen MR) is 126 cm³/mol. The van der Waals surface area contributed by atoms with Crippen LogP contribution >= 0.6 is 0 Å². The van der Waals surface area contributed by atoms with Crippen LogP contribution in [0.2, 0.25) is 0 Å². The molecule has 0 saturated heterocycles. The molecule has 0 bridgehead atoms. The van der Waals surface area contributed by atoms with Crippen molar-refractivity contribution in [3.8, 4) is 94.7 Å². The molecule has 0 spiro atoms. The minimum atomic E-state index is -0.718. The molecule has 0 radical (unpaired) electrons. The number of carbonyl (C=O) groups is 1. The third-order valence-corrected chi connectivity index (χ3v) is 3.25. The zero-order valence-electron chi connectivity index (χ0n) is 18.2. The summed E-state index contributed by atoms with van der Waals surface area (Å²) in [7, 11) is 1.51. The summed E-state index contributed by atoms with van der Waals surface area (Å²) in [6, 6.07) is 9.73. The highest BCUT2D eigenvalue weighted by Crippen LogP contribution is 2.02. The van der Waals surface area contributed by atoms with Crippen molar-refractivity contribution in [1.82, 2.24) is 0 Å². The van der Waals surface area contributed by atoms with Crippen LogP contribution in [0.25, 0.3) is 0 Å². The van der Waals surface area contributed by atoms with E-state index in [-0.39, 0.29) is 13.2 Å². The van der Waals surface area contributed by atoms with Gasteiger partial charge in [0.05, 0.1) is 13.2 Å². The second-order valence-electron chi connectivity index (χ2n) is 5.58. The fourth-order valence-corrected chi connectivity index (χ4v) is 1.79. The average Bonchev–Trinajstić information content (AvgIpc) is 2.84. The maximum absolute atomic E-state index is 11.6. The maximum Gasteiger partial charge on any atom is 0.385 e. The Labute approximate surface area is 195 Å². The molecule has 1 unspecified atom stereocenters. The predicted octanol–water partition coefficient (Wildman–Crippen LogP) is 1.81. The van der Waals surface area contributed by atoms with E-state index in [1.54, 1.807) is 6.92 Å². The minimum Gasteiger partial charge on any atom is -0.453 e. The van der Waals surface area contributed by atoms with E-state index in [0.29, 0.717) is 6.61 Å². The van der Waals surface area contributed by atoms with Gasteiger partial charge in [0.25, 0.3) is 0 Å². The van der Waals surface area contributed by atoms with E-state index in [0.717, 1.165) is 5.56 Å². The van der Waals surface area contributed by atoms with E-state index >= 15 is 0 Å². The van der Waals surface area contributed by atoms with Gasteiger partial charge in [-0.15, -0.1) is 0 Å². The zero-order chi connectivity index (χ0) is 23.8. The molecular weight excluding hydrogens is 412 g/mol. The van der Waals surface area contributed by atoms with Crippen molar-refractivity contribution in [3.63, 3.8) is 0 Å². The number of ether oxygens (including phenoxy) is 3. The molecule has 0 saturated carbocycles. The van der Waals surface area contributed by atoms with Crippen molar-refractivity contribution >= 4 is 5.97 Å². The summed E-state index contributed by atoms with van der Waals surface area (Å²) < 4.78 is 15.8. The van der Waals surface area contributed by atoms with Crippen molar-refractivity contribution in [2.45, 2.75) is 19.6 Å². The lowest BCUT2D eigenvalue weighted by atomic mass is 10.2. The number of methoxy groups -OCH3 is 1. The van der Waals surface area contributed by atoms with E-state index in [1.807, 2.05) is 30.3 Å². The van der Waals surface area contributed by atoms with Crippen LogP contribution in [-0.2, 0) is 25.6 Å². The van der Waals surface area contributed by atoms with Gasteiger partial charge in [-0.3, -0.25) is 0 Å². The number of esters is 1. The highest BCUT2D eigenvalue weighted by Gasteiger charge is 2.10. The van der Waals surface area contributed by atoms with E-state index in [1.165, 1.54) is 7.11 Å².